The number of aromatic nitrogens is 8. The van der Waals surface area contributed by atoms with E-state index in [9.17, 15) is 28.5 Å². The molecule has 5 rings (SSSR count). The maximum absolute atomic E-state index is 11.7. The zero-order chi connectivity index (χ0) is 54.5. The molecule has 0 radical (unpaired) electrons. The molecule has 0 aliphatic heterocycles. The molecule has 0 bridgehead atoms. The van der Waals surface area contributed by atoms with Gasteiger partial charge in [0.25, 0.3) is 0 Å². The standard InChI is InChI=1S/C9H8ClN3O.C9H9N3O2.C9H14O4.C4H7N3.C3H7I.2C2H5.Cl3OP.5HI.2V/c1-5(14)6-3-11-9-7(8(6)10)4-12-13(9)2;1-5(13)6-3-10-9-7(8(6)14)4-11-12(9)2;1-4-12-6-8(7(3)10)9(11)13-5-2;1-7-4(5)2-3-6-7;1-3(2)4;2*1-2;1-5(2,3)4;;;;;;;/h3-4H,1-2H3;3-4H,1-2H3,(H,10,14);6H,4-5H2,1-3H3;2-3H,5H2,1H3;3H,1-2H3;2*1H2,2H3;;5*1H;;/q;;;;;2*-1;;;;;;;+2;+3/p-5/b;;8-6-;;;;;;;;;;;;. The fourth-order valence-electron chi connectivity index (χ4n) is 3.73. The molecule has 0 amide bonds. The second kappa shape index (κ2) is 46.5. The van der Waals surface area contributed by atoms with Crippen LogP contribution < -0.4 is 11.2 Å². The fourth-order valence-corrected chi connectivity index (χ4v) is 4.05. The summed E-state index contributed by atoms with van der Waals surface area (Å²) < 4.78 is 24.6. The molecule has 5 aromatic heterocycles. The van der Waals surface area contributed by atoms with Crippen molar-refractivity contribution in [3.05, 3.63) is 89.1 Å². The van der Waals surface area contributed by atoms with Crippen LogP contribution in [0.25, 0.3) is 22.1 Å². The van der Waals surface area contributed by atoms with Gasteiger partial charge in [0.05, 0.1) is 58.7 Å². The topological polar surface area (TPSA) is 229 Å². The molecule has 30 heteroatoms. The van der Waals surface area contributed by atoms with E-state index in [1.165, 1.54) is 39.4 Å². The third-order valence-corrected chi connectivity index (χ3v) is 6.74. The second-order valence-electron chi connectivity index (χ2n) is 11.5. The number of ketones is 3. The summed E-state index contributed by atoms with van der Waals surface area (Å²) in [5.41, 5.74) is 6.94. The Bertz CT molecular complexity index is 2320. The molecule has 0 aliphatic rings. The van der Waals surface area contributed by atoms with E-state index in [1.54, 1.807) is 81.3 Å². The minimum absolute atomic E-state index is 0.0521. The monoisotopic (exact) mass is 1800 g/mol. The van der Waals surface area contributed by atoms with Crippen LogP contribution in [0.3, 0.4) is 0 Å². The number of aryl methyl sites for hydroxylation is 3. The number of carbonyl (C=O) groups excluding carboxylic acids is 4. The van der Waals surface area contributed by atoms with Gasteiger partial charge in [-0.15, -0.1) is 0 Å². The van der Waals surface area contributed by atoms with E-state index in [4.69, 9.17) is 22.1 Å². The third-order valence-electron chi connectivity index (χ3n) is 6.34. The van der Waals surface area contributed by atoms with Gasteiger partial charge in [-0.2, -0.15) is 29.1 Å². The molecule has 0 unspecified atom stereocenters. The number of pyridine rings is 2. The van der Waals surface area contributed by atoms with Crippen molar-refractivity contribution in [1.29, 1.82) is 0 Å². The summed E-state index contributed by atoms with van der Waals surface area (Å²) in [6, 6.07) is 1.75. The number of esters is 1. The number of halogens is 10. The van der Waals surface area contributed by atoms with Crippen molar-refractivity contribution in [2.45, 2.75) is 66.2 Å². The van der Waals surface area contributed by atoms with Gasteiger partial charge in [-0.25, -0.2) is 9.78 Å². The van der Waals surface area contributed by atoms with Crippen molar-refractivity contribution < 1.29 is 47.6 Å². The van der Waals surface area contributed by atoms with Gasteiger partial charge in [0.2, 0.25) is 5.43 Å². The van der Waals surface area contributed by atoms with Crippen LogP contribution in [0, 0.1) is 13.8 Å². The number of anilines is 1. The van der Waals surface area contributed by atoms with Crippen LogP contribution >= 0.6 is 173 Å². The zero-order valence-corrected chi connectivity index (χ0v) is 58.7. The number of nitrogens with one attached hydrogen (secondary N) is 1. The van der Waals surface area contributed by atoms with Gasteiger partial charge in [0, 0.05) is 37.5 Å². The molecule has 0 saturated heterocycles. The van der Waals surface area contributed by atoms with E-state index in [1.807, 2.05) is 0 Å². The third kappa shape index (κ3) is 39.5. The van der Waals surface area contributed by atoms with E-state index in [2.05, 4.69) is 214 Å². The molecule has 387 valence electrons. The van der Waals surface area contributed by atoms with Gasteiger partial charge >= 0.3 is 125 Å². The molecule has 0 spiro atoms. The van der Waals surface area contributed by atoms with Crippen molar-refractivity contribution in [2.75, 3.05) is 18.9 Å². The van der Waals surface area contributed by atoms with Crippen molar-refractivity contribution in [1.82, 2.24) is 39.3 Å². The number of fused-ring (bicyclic) bond motifs is 2. The molecular weight excluding hydrogens is 1750 g/mol. The van der Waals surface area contributed by atoms with E-state index in [0.717, 1.165) is 10.2 Å². The van der Waals surface area contributed by atoms with E-state index in [-0.39, 0.29) is 45.4 Å². The summed E-state index contributed by atoms with van der Waals surface area (Å²) in [6.45, 7) is 22.5. The summed E-state index contributed by atoms with van der Waals surface area (Å²) in [5, 5.41) is 10.1. The number of carbonyl (C=O) groups is 4. The van der Waals surface area contributed by atoms with Crippen molar-refractivity contribution >= 4 is 224 Å². The quantitative estimate of drug-likeness (QED) is 0.0148. The number of nitrogen functional groups attached to an aromatic ring is 1. The minimum atomic E-state index is -3.22. The molecule has 5 heterocycles. The Hall–Kier alpha value is 1.01. The predicted octanol–water partition coefficient (Wildman–Crippen LogP) is 14.1. The first kappa shape index (κ1) is 77.9. The number of hydrogen-bond donors (Lipinski definition) is 2. The summed E-state index contributed by atoms with van der Waals surface area (Å²) >= 11 is 34.4. The number of rotatable bonds is 7. The van der Waals surface area contributed by atoms with E-state index in [0.29, 0.717) is 54.5 Å². The number of Topliss-reactive ketones (excluding diaryl/α,β-unsaturated/α-hetero) is 3. The van der Waals surface area contributed by atoms with Gasteiger partial charge in [-0.3, -0.25) is 37.8 Å². The van der Waals surface area contributed by atoms with E-state index < -0.39 is 11.2 Å². The van der Waals surface area contributed by atoms with Crippen LogP contribution in [-0.4, -0.2) is 79.8 Å². The average molecular weight is 1800 g/mol. The number of H-pyrrole nitrogens is 1. The van der Waals surface area contributed by atoms with E-state index >= 15 is 0 Å². The number of nitrogens with two attached hydrogens (primary N) is 1. The van der Waals surface area contributed by atoms with Crippen LogP contribution in [0.4, 0.5) is 5.82 Å². The van der Waals surface area contributed by atoms with Crippen LogP contribution in [0.15, 0.2) is 53.7 Å². The van der Waals surface area contributed by atoms with Crippen LogP contribution in [0.1, 0.15) is 83.0 Å². The SMILES string of the molecule is CC(=O)c1c[nH]c2c(cnn2C)c1=O.CC(=O)c1cnc2c(cnn2C)c1Cl.CC(C)I.CCO/C=C(/C(C)=O)C(=O)OCC.Cn1nccc1N.O=P(Cl)(Cl)Cl.[CH2-]C.[CH2-]C.[I][V]([I])[I].[I][V][I]. The Kier molecular flexibility index (Phi) is 53.3. The molecule has 0 fully saturated rings. The molecule has 68 heavy (non-hydrogen) atoms. The summed E-state index contributed by atoms with van der Waals surface area (Å²) in [7, 11) is 5.93. The van der Waals surface area contributed by atoms with Gasteiger partial charge in [0.1, 0.15) is 23.3 Å². The number of aromatic amines is 1. The summed E-state index contributed by atoms with van der Waals surface area (Å²) in [6.07, 6.45) is 8.77. The molecule has 0 aliphatic carbocycles. The number of ether oxygens (including phenoxy) is 2. The molecule has 0 aromatic carbocycles. The number of hydrogen-bond acceptors (Lipinski definition) is 13. The maximum atomic E-state index is 11.7. The van der Waals surface area contributed by atoms with Gasteiger partial charge in [-0.1, -0.05) is 48.0 Å². The van der Waals surface area contributed by atoms with Gasteiger partial charge < -0.3 is 34.0 Å². The first-order chi connectivity index (χ1) is 31.5. The van der Waals surface area contributed by atoms with Crippen molar-refractivity contribution in [2.24, 2.45) is 21.1 Å². The molecular formula is C38H55Cl4I6N9O8PV2-2. The van der Waals surface area contributed by atoms with Gasteiger partial charge in [-0.05, 0) is 74.4 Å². The first-order valence-corrected chi connectivity index (χ1v) is 47.3. The van der Waals surface area contributed by atoms with Crippen LogP contribution in [-0.2, 0) is 59.2 Å². The Morgan fingerprint density at radius 3 is 1.68 bits per heavy atom. The van der Waals surface area contributed by atoms with Crippen LogP contribution in [0.5, 0.6) is 0 Å². The Balaban J connectivity index is -0.000000232. The first-order valence-electron chi connectivity index (χ1n) is 18.7. The predicted molar refractivity (Wildman–Crippen MR) is 326 cm³/mol. The molecule has 5 aromatic rings. The summed E-state index contributed by atoms with van der Waals surface area (Å²) in [5.74, 6) is -0.624. The van der Waals surface area contributed by atoms with Crippen LogP contribution in [0.2, 0.25) is 5.02 Å². The Morgan fingerprint density at radius 1 is 0.882 bits per heavy atom. The normalized spacial score (nSPS) is 9.76. The summed E-state index contributed by atoms with van der Waals surface area (Å²) in [4.78, 5) is 62.6. The Labute approximate surface area is 498 Å². The van der Waals surface area contributed by atoms with Crippen molar-refractivity contribution in [3.63, 3.8) is 0 Å². The van der Waals surface area contributed by atoms with Gasteiger partial charge in [0.15, 0.2) is 23.0 Å². The average Bonchev–Trinajstić information content (AvgIpc) is 3.94. The number of alkyl halides is 1. The van der Waals surface area contributed by atoms with Crippen molar-refractivity contribution in [3.8, 4) is 0 Å². The molecule has 0 saturated carbocycles. The second-order valence-corrected chi connectivity index (χ2v) is 68.1. The molecule has 3 N–H and O–H groups in total. The molecule has 0 atom stereocenters. The zero-order valence-electron chi connectivity index (χ0n) is 39.0. The Morgan fingerprint density at radius 2 is 1.32 bits per heavy atom. The number of nitrogens with zero attached hydrogens (tertiary/aromatic N) is 7. The molecule has 17 nitrogen and oxygen atoms in total. The fraction of sp³-hybridized carbons (Fsp3) is 0.395.